The summed E-state index contributed by atoms with van der Waals surface area (Å²) in [6.07, 6.45) is 6.08. The van der Waals surface area contributed by atoms with Crippen LogP contribution in [0.4, 0.5) is 0 Å². The summed E-state index contributed by atoms with van der Waals surface area (Å²) in [5.74, 6) is -0.745. The normalized spacial score (nSPS) is 33.2. The lowest BCUT2D eigenvalue weighted by atomic mass is 9.85. The number of aliphatic carboxylic acids is 1. The van der Waals surface area contributed by atoms with Crippen molar-refractivity contribution in [2.24, 2.45) is 5.92 Å². The van der Waals surface area contributed by atoms with Crippen molar-refractivity contribution in [3.8, 4) is 0 Å². The van der Waals surface area contributed by atoms with Crippen molar-refractivity contribution in [1.82, 2.24) is 4.90 Å². The molecule has 3 unspecified atom stereocenters. The molecular weight excluding hydrogens is 206 g/mol. The summed E-state index contributed by atoms with van der Waals surface area (Å²) < 4.78 is 0. The Hall–Kier alpha value is -1.32. The van der Waals surface area contributed by atoms with Gasteiger partial charge in [0.25, 0.3) is 0 Å². The molecule has 3 atom stereocenters. The monoisotopic (exact) mass is 223 g/mol. The van der Waals surface area contributed by atoms with Gasteiger partial charge < -0.3 is 10.0 Å². The predicted molar refractivity (Wildman–Crippen MR) is 58.8 cm³/mol. The highest BCUT2D eigenvalue weighted by molar-refractivity contribution is 5.91. The van der Waals surface area contributed by atoms with E-state index >= 15 is 0 Å². The summed E-state index contributed by atoms with van der Waals surface area (Å²) in [6.45, 7) is 3.45. The fraction of sp³-hybridized carbons (Fsp3) is 0.667. The molecular formula is C12H17NO3. The van der Waals surface area contributed by atoms with Gasteiger partial charge in [-0.3, -0.25) is 4.79 Å². The summed E-state index contributed by atoms with van der Waals surface area (Å²) in [5, 5.41) is 9.15. The van der Waals surface area contributed by atoms with Crippen LogP contribution >= 0.6 is 0 Å². The molecule has 16 heavy (non-hydrogen) atoms. The van der Waals surface area contributed by atoms with Crippen LogP contribution in [-0.4, -0.2) is 34.0 Å². The Morgan fingerprint density at radius 1 is 1.31 bits per heavy atom. The highest BCUT2D eigenvalue weighted by Crippen LogP contribution is 2.39. The smallest absolute Gasteiger partial charge is 0.326 e. The maximum atomic E-state index is 11.7. The number of amides is 1. The van der Waals surface area contributed by atoms with Gasteiger partial charge in [-0.05, 0) is 31.3 Å². The Morgan fingerprint density at radius 3 is 2.62 bits per heavy atom. The van der Waals surface area contributed by atoms with Crippen molar-refractivity contribution in [2.75, 3.05) is 0 Å². The number of nitrogens with zero attached hydrogens (tertiary/aromatic N) is 1. The molecule has 1 amide bonds. The van der Waals surface area contributed by atoms with Crippen molar-refractivity contribution >= 4 is 11.9 Å². The van der Waals surface area contributed by atoms with Crippen LogP contribution in [0.3, 0.4) is 0 Å². The first kappa shape index (κ1) is 11.2. The van der Waals surface area contributed by atoms with Gasteiger partial charge in [-0.25, -0.2) is 4.79 Å². The Morgan fingerprint density at radius 2 is 2.00 bits per heavy atom. The van der Waals surface area contributed by atoms with Crippen LogP contribution < -0.4 is 0 Å². The lowest BCUT2D eigenvalue weighted by Crippen LogP contribution is -2.45. The van der Waals surface area contributed by atoms with E-state index in [4.69, 9.17) is 5.11 Å². The number of carboxylic acids is 1. The average Bonchev–Trinajstić information content (AvgIpc) is 2.67. The molecule has 4 nitrogen and oxygen atoms in total. The molecule has 1 aliphatic carbocycles. The zero-order valence-corrected chi connectivity index (χ0v) is 9.26. The summed E-state index contributed by atoms with van der Waals surface area (Å²) in [7, 11) is 0. The second-order valence-corrected chi connectivity index (χ2v) is 4.65. The zero-order valence-electron chi connectivity index (χ0n) is 9.26. The minimum absolute atomic E-state index is 0.125. The van der Waals surface area contributed by atoms with Crippen molar-refractivity contribution in [1.29, 1.82) is 0 Å². The van der Waals surface area contributed by atoms with E-state index in [0.29, 0.717) is 12.3 Å². The van der Waals surface area contributed by atoms with Gasteiger partial charge in [0.15, 0.2) is 0 Å². The molecule has 1 saturated heterocycles. The van der Waals surface area contributed by atoms with Crippen LogP contribution in [0.5, 0.6) is 0 Å². The maximum absolute atomic E-state index is 11.7. The van der Waals surface area contributed by atoms with Gasteiger partial charge in [-0.1, -0.05) is 19.4 Å². The molecule has 0 aromatic heterocycles. The topological polar surface area (TPSA) is 57.6 Å². The third kappa shape index (κ3) is 1.72. The molecule has 1 aliphatic heterocycles. The summed E-state index contributed by atoms with van der Waals surface area (Å²) in [5.41, 5.74) is 0. The molecule has 4 heteroatoms. The first-order valence-corrected chi connectivity index (χ1v) is 5.82. The van der Waals surface area contributed by atoms with Gasteiger partial charge in [-0.15, -0.1) is 0 Å². The Balaban J connectivity index is 2.24. The van der Waals surface area contributed by atoms with Gasteiger partial charge >= 0.3 is 5.97 Å². The highest BCUT2D eigenvalue weighted by Gasteiger charge is 2.46. The summed E-state index contributed by atoms with van der Waals surface area (Å²) >= 11 is 0. The Labute approximate surface area is 94.9 Å². The number of rotatable bonds is 2. The van der Waals surface area contributed by atoms with Gasteiger partial charge in [0.1, 0.15) is 6.04 Å². The van der Waals surface area contributed by atoms with Crippen LogP contribution in [0.2, 0.25) is 0 Å². The molecule has 0 aromatic rings. The van der Waals surface area contributed by atoms with Crippen LogP contribution in [0, 0.1) is 5.92 Å². The van der Waals surface area contributed by atoms with E-state index in [2.05, 4.69) is 6.58 Å². The molecule has 1 heterocycles. The maximum Gasteiger partial charge on any atom is 0.326 e. The van der Waals surface area contributed by atoms with Crippen molar-refractivity contribution in [2.45, 2.75) is 44.2 Å². The third-order valence-electron chi connectivity index (χ3n) is 3.80. The van der Waals surface area contributed by atoms with Gasteiger partial charge in [0, 0.05) is 6.04 Å². The Bertz CT molecular complexity index is 326. The Kier molecular flexibility index (Phi) is 2.99. The molecule has 2 rings (SSSR count). The third-order valence-corrected chi connectivity index (χ3v) is 3.80. The predicted octanol–water partition coefficient (Wildman–Crippen LogP) is 1.42. The van der Waals surface area contributed by atoms with Crippen molar-refractivity contribution < 1.29 is 14.7 Å². The molecule has 0 radical (unpaired) electrons. The largest absolute Gasteiger partial charge is 0.480 e. The standard InChI is InChI=1S/C12H17NO3/c1-2-11(14)13-9-6-4-3-5-8(9)7-10(13)12(15)16/h2,8-10H,1,3-7H2,(H,15,16). The van der Waals surface area contributed by atoms with E-state index in [1.807, 2.05) is 0 Å². The van der Waals surface area contributed by atoms with E-state index in [1.54, 1.807) is 4.90 Å². The molecule has 0 aromatic carbocycles. The molecule has 1 saturated carbocycles. The van der Waals surface area contributed by atoms with Crippen LogP contribution in [-0.2, 0) is 9.59 Å². The number of carbonyl (C=O) groups is 2. The lowest BCUT2D eigenvalue weighted by molar-refractivity contribution is -0.147. The number of likely N-dealkylation sites (tertiary alicyclic amines) is 1. The fourth-order valence-corrected chi connectivity index (χ4v) is 3.10. The van der Waals surface area contributed by atoms with E-state index in [1.165, 1.54) is 6.08 Å². The molecule has 0 spiro atoms. The molecule has 88 valence electrons. The van der Waals surface area contributed by atoms with Gasteiger partial charge in [-0.2, -0.15) is 0 Å². The molecule has 2 fully saturated rings. The van der Waals surface area contributed by atoms with E-state index < -0.39 is 12.0 Å². The molecule has 1 N–H and O–H groups in total. The van der Waals surface area contributed by atoms with E-state index in [0.717, 1.165) is 25.7 Å². The lowest BCUT2D eigenvalue weighted by Gasteiger charge is -2.32. The fourth-order valence-electron chi connectivity index (χ4n) is 3.10. The first-order chi connectivity index (χ1) is 7.65. The summed E-state index contributed by atoms with van der Waals surface area (Å²) in [4.78, 5) is 24.4. The van der Waals surface area contributed by atoms with Gasteiger partial charge in [0.2, 0.25) is 5.91 Å². The SMILES string of the molecule is C=CC(=O)N1C(C(=O)O)CC2CCCCC21. The second-order valence-electron chi connectivity index (χ2n) is 4.65. The number of carbonyl (C=O) groups excluding carboxylic acids is 1. The first-order valence-electron chi connectivity index (χ1n) is 5.82. The van der Waals surface area contributed by atoms with E-state index in [-0.39, 0.29) is 11.9 Å². The minimum atomic E-state index is -0.885. The number of carboxylic acid groups (broad SMARTS) is 1. The van der Waals surface area contributed by atoms with Crippen LogP contribution in [0.1, 0.15) is 32.1 Å². The number of hydrogen-bond donors (Lipinski definition) is 1. The van der Waals surface area contributed by atoms with Crippen molar-refractivity contribution in [3.05, 3.63) is 12.7 Å². The quantitative estimate of drug-likeness (QED) is 0.720. The molecule has 0 bridgehead atoms. The number of fused-ring (bicyclic) bond motifs is 1. The van der Waals surface area contributed by atoms with Crippen LogP contribution in [0.15, 0.2) is 12.7 Å². The minimum Gasteiger partial charge on any atom is -0.480 e. The van der Waals surface area contributed by atoms with E-state index in [9.17, 15) is 9.59 Å². The van der Waals surface area contributed by atoms with Crippen molar-refractivity contribution in [3.63, 3.8) is 0 Å². The number of hydrogen-bond acceptors (Lipinski definition) is 2. The highest BCUT2D eigenvalue weighted by atomic mass is 16.4. The second kappa shape index (κ2) is 4.28. The average molecular weight is 223 g/mol. The zero-order chi connectivity index (χ0) is 11.7. The van der Waals surface area contributed by atoms with Gasteiger partial charge in [0.05, 0.1) is 0 Å². The van der Waals surface area contributed by atoms with Crippen LogP contribution in [0.25, 0.3) is 0 Å². The summed E-state index contributed by atoms with van der Waals surface area (Å²) in [6, 6.07) is -0.515. The molecule has 2 aliphatic rings.